The predicted octanol–water partition coefficient (Wildman–Crippen LogP) is 5.61. The lowest BCUT2D eigenvalue weighted by atomic mass is 9.96. The fourth-order valence-electron chi connectivity index (χ4n) is 4.15. The minimum Gasteiger partial charge on any atom is -0.383 e. The van der Waals surface area contributed by atoms with Gasteiger partial charge in [-0.25, -0.2) is 0 Å². The van der Waals surface area contributed by atoms with E-state index in [0.717, 1.165) is 11.1 Å². The molecular formula is C28H27Cl2N3O3. The molecule has 36 heavy (non-hydrogen) atoms. The average Bonchev–Trinajstić information content (AvgIpc) is 3.32. The maximum Gasteiger partial charge on any atom is 0.253 e. The van der Waals surface area contributed by atoms with Crippen LogP contribution in [0.5, 0.6) is 0 Å². The number of hydrogen-bond donors (Lipinski definition) is 3. The molecule has 0 aliphatic heterocycles. The number of halogens is 2. The third-order valence-corrected chi connectivity index (χ3v) is 6.56. The first kappa shape index (κ1) is 25.9. The summed E-state index contributed by atoms with van der Waals surface area (Å²) < 4.78 is 5.00. The number of para-hydroxylation sites is 1. The fraction of sp³-hybridized carbons (Fsp3) is 0.214. The normalized spacial score (nSPS) is 12.0. The zero-order valence-corrected chi connectivity index (χ0v) is 21.3. The van der Waals surface area contributed by atoms with Crippen LogP contribution < -0.4 is 10.6 Å². The highest BCUT2D eigenvalue weighted by Gasteiger charge is 2.25. The van der Waals surface area contributed by atoms with Gasteiger partial charge in [-0.05, 0) is 35.7 Å². The summed E-state index contributed by atoms with van der Waals surface area (Å²) in [6.07, 6.45) is 2.30. The number of fused-ring (bicyclic) bond motifs is 1. The molecule has 0 unspecified atom stereocenters. The monoisotopic (exact) mass is 523 g/mol. The predicted molar refractivity (Wildman–Crippen MR) is 144 cm³/mol. The molecule has 0 spiro atoms. The topological polar surface area (TPSA) is 83.2 Å². The number of methoxy groups -OCH3 is 1. The van der Waals surface area contributed by atoms with Crippen molar-refractivity contribution >= 4 is 45.8 Å². The van der Waals surface area contributed by atoms with Crippen LogP contribution in [0.3, 0.4) is 0 Å². The van der Waals surface area contributed by atoms with Crippen molar-refractivity contribution in [1.82, 2.24) is 15.6 Å². The van der Waals surface area contributed by atoms with Crippen molar-refractivity contribution in [1.29, 1.82) is 0 Å². The highest BCUT2D eigenvalue weighted by molar-refractivity contribution is 6.35. The Labute approximate surface area is 219 Å². The number of aromatic nitrogens is 1. The highest BCUT2D eigenvalue weighted by Crippen LogP contribution is 2.27. The molecule has 1 heterocycles. The van der Waals surface area contributed by atoms with Crippen LogP contribution in [0, 0.1) is 0 Å². The summed E-state index contributed by atoms with van der Waals surface area (Å²) in [5.74, 6) is -0.317. The van der Waals surface area contributed by atoms with Crippen molar-refractivity contribution in [3.8, 4) is 0 Å². The molecule has 1 aromatic heterocycles. The summed E-state index contributed by atoms with van der Waals surface area (Å²) >= 11 is 12.3. The molecule has 0 aliphatic carbocycles. The van der Waals surface area contributed by atoms with Crippen molar-refractivity contribution in [3.05, 3.63) is 105 Å². The van der Waals surface area contributed by atoms with Gasteiger partial charge in [0.15, 0.2) is 5.78 Å². The number of carbonyl (C=O) groups is 2. The average molecular weight is 524 g/mol. The van der Waals surface area contributed by atoms with Crippen molar-refractivity contribution in [2.24, 2.45) is 0 Å². The molecule has 0 fully saturated rings. The van der Waals surface area contributed by atoms with Crippen LogP contribution in [0.2, 0.25) is 10.0 Å². The lowest BCUT2D eigenvalue weighted by molar-refractivity contribution is 0.0933. The van der Waals surface area contributed by atoms with E-state index in [-0.39, 0.29) is 11.7 Å². The molecular weight excluding hydrogens is 497 g/mol. The Morgan fingerprint density at radius 3 is 2.53 bits per heavy atom. The van der Waals surface area contributed by atoms with Gasteiger partial charge >= 0.3 is 0 Å². The molecule has 186 valence electrons. The van der Waals surface area contributed by atoms with Crippen LogP contribution in [0.25, 0.3) is 10.9 Å². The smallest absolute Gasteiger partial charge is 0.253 e. The first-order valence-corrected chi connectivity index (χ1v) is 12.4. The van der Waals surface area contributed by atoms with Gasteiger partial charge in [0.1, 0.15) is 0 Å². The first-order chi connectivity index (χ1) is 17.5. The number of Topliss-reactive ketones (excluding diaryl/α,β-unsaturated/α-hetero) is 1. The molecule has 1 amide bonds. The summed E-state index contributed by atoms with van der Waals surface area (Å²) in [5, 5.41) is 8.11. The molecule has 0 saturated heterocycles. The molecule has 0 aliphatic rings. The van der Waals surface area contributed by atoms with Crippen LogP contribution >= 0.6 is 23.2 Å². The van der Waals surface area contributed by atoms with E-state index in [0.29, 0.717) is 58.2 Å². The van der Waals surface area contributed by atoms with Gasteiger partial charge in [0.25, 0.3) is 5.91 Å². The van der Waals surface area contributed by atoms with Gasteiger partial charge in [0, 0.05) is 47.4 Å². The Kier molecular flexibility index (Phi) is 8.78. The summed E-state index contributed by atoms with van der Waals surface area (Å²) in [7, 11) is 1.58. The third-order valence-electron chi connectivity index (χ3n) is 5.97. The zero-order chi connectivity index (χ0) is 25.5. The number of ether oxygens (including phenoxy) is 1. The third kappa shape index (κ3) is 5.97. The second-order valence-electron chi connectivity index (χ2n) is 8.33. The summed E-state index contributed by atoms with van der Waals surface area (Å²) in [4.78, 5) is 29.7. The van der Waals surface area contributed by atoms with Crippen molar-refractivity contribution < 1.29 is 14.3 Å². The number of H-pyrrole nitrogens is 1. The number of benzene rings is 3. The number of nitrogens with one attached hydrogen (secondary N) is 3. The van der Waals surface area contributed by atoms with Gasteiger partial charge in [0.2, 0.25) is 0 Å². The van der Waals surface area contributed by atoms with E-state index in [1.54, 1.807) is 37.6 Å². The van der Waals surface area contributed by atoms with Crippen LogP contribution in [-0.2, 0) is 11.2 Å². The summed E-state index contributed by atoms with van der Waals surface area (Å²) in [6.45, 7) is 1.35. The quantitative estimate of drug-likeness (QED) is 0.176. The summed E-state index contributed by atoms with van der Waals surface area (Å²) in [6, 6.07) is 19.8. The largest absolute Gasteiger partial charge is 0.383 e. The molecule has 0 saturated carbocycles. The lowest BCUT2D eigenvalue weighted by Gasteiger charge is -2.18. The Bertz CT molecular complexity index is 1350. The van der Waals surface area contributed by atoms with Crippen LogP contribution in [-0.4, -0.2) is 43.5 Å². The van der Waals surface area contributed by atoms with E-state index in [9.17, 15) is 9.59 Å². The number of aromatic amines is 1. The van der Waals surface area contributed by atoms with Crippen LogP contribution in [0.1, 0.15) is 37.9 Å². The standard InChI is InChI=1S/C28H27Cl2N3O3/c1-36-15-14-32-28(35)22-9-5-8-21-23(17-33-26(21)22)27(34)25(19-6-3-2-4-7-19)31-13-12-18-10-11-20(29)16-24(18)30/h2-11,16-17,25,31,33H,12-15H2,1H3,(H,32,35)/t25-/m0/s1. The van der Waals surface area contributed by atoms with E-state index >= 15 is 0 Å². The number of ketones is 1. The molecule has 0 bridgehead atoms. The lowest BCUT2D eigenvalue weighted by Crippen LogP contribution is -2.30. The molecule has 1 atom stereocenters. The summed E-state index contributed by atoms with van der Waals surface area (Å²) in [5.41, 5.74) is 3.42. The second kappa shape index (κ2) is 12.2. The number of carbonyl (C=O) groups excluding carboxylic acids is 2. The minimum absolute atomic E-state index is 0.0911. The van der Waals surface area contributed by atoms with E-state index in [1.165, 1.54) is 0 Å². The number of amides is 1. The molecule has 0 radical (unpaired) electrons. The van der Waals surface area contributed by atoms with Gasteiger partial charge in [0.05, 0.1) is 23.7 Å². The fourth-order valence-corrected chi connectivity index (χ4v) is 4.65. The van der Waals surface area contributed by atoms with E-state index in [2.05, 4.69) is 15.6 Å². The number of rotatable bonds is 11. The Morgan fingerprint density at radius 2 is 1.78 bits per heavy atom. The molecule has 3 N–H and O–H groups in total. The minimum atomic E-state index is -0.574. The van der Waals surface area contributed by atoms with Gasteiger partial charge in [-0.3, -0.25) is 9.59 Å². The molecule has 8 heteroatoms. The van der Waals surface area contributed by atoms with Crippen molar-refractivity contribution in [3.63, 3.8) is 0 Å². The zero-order valence-electron chi connectivity index (χ0n) is 19.8. The second-order valence-corrected chi connectivity index (χ2v) is 9.17. The maximum atomic E-state index is 13.8. The van der Waals surface area contributed by atoms with Crippen molar-refractivity contribution in [2.45, 2.75) is 12.5 Å². The molecule has 4 aromatic rings. The van der Waals surface area contributed by atoms with Gasteiger partial charge in [-0.2, -0.15) is 0 Å². The maximum absolute atomic E-state index is 13.8. The van der Waals surface area contributed by atoms with Gasteiger partial charge < -0.3 is 20.4 Å². The van der Waals surface area contributed by atoms with Crippen LogP contribution in [0.15, 0.2) is 72.9 Å². The number of hydrogen-bond acceptors (Lipinski definition) is 4. The van der Waals surface area contributed by atoms with Gasteiger partial charge in [-0.15, -0.1) is 0 Å². The van der Waals surface area contributed by atoms with E-state index in [1.807, 2.05) is 42.5 Å². The molecule has 3 aromatic carbocycles. The van der Waals surface area contributed by atoms with E-state index < -0.39 is 6.04 Å². The highest BCUT2D eigenvalue weighted by atomic mass is 35.5. The molecule has 6 nitrogen and oxygen atoms in total. The Balaban J connectivity index is 1.58. The Hall–Kier alpha value is -3.16. The van der Waals surface area contributed by atoms with Crippen molar-refractivity contribution in [2.75, 3.05) is 26.8 Å². The van der Waals surface area contributed by atoms with Crippen LogP contribution in [0.4, 0.5) is 0 Å². The van der Waals surface area contributed by atoms with Gasteiger partial charge in [-0.1, -0.05) is 71.7 Å². The Morgan fingerprint density at radius 1 is 0.972 bits per heavy atom. The first-order valence-electron chi connectivity index (χ1n) is 11.6. The van der Waals surface area contributed by atoms with E-state index in [4.69, 9.17) is 27.9 Å². The SMILES string of the molecule is COCCNC(=O)c1cccc2c(C(=O)[C@@H](NCCc3ccc(Cl)cc3Cl)c3ccccc3)c[nH]c12. The molecule has 4 rings (SSSR count).